The quantitative estimate of drug-likeness (QED) is 0.747. The highest BCUT2D eigenvalue weighted by molar-refractivity contribution is 5.61. The van der Waals surface area contributed by atoms with Gasteiger partial charge in [0, 0.05) is 18.7 Å². The van der Waals surface area contributed by atoms with E-state index in [0.717, 1.165) is 37.7 Å². The van der Waals surface area contributed by atoms with Crippen LogP contribution in [0, 0.1) is 0 Å². The molecule has 0 aromatic heterocycles. The van der Waals surface area contributed by atoms with Crippen LogP contribution in [0.1, 0.15) is 25.3 Å². The molecule has 16 heavy (non-hydrogen) atoms. The molecule has 0 saturated carbocycles. The van der Waals surface area contributed by atoms with Crippen LogP contribution in [0.2, 0.25) is 0 Å². The van der Waals surface area contributed by atoms with Gasteiger partial charge in [-0.05, 0) is 19.0 Å². The van der Waals surface area contributed by atoms with Gasteiger partial charge in [0.1, 0.15) is 12.4 Å². The van der Waals surface area contributed by atoms with Gasteiger partial charge in [0.15, 0.2) is 0 Å². The van der Waals surface area contributed by atoms with Crippen molar-refractivity contribution in [2.45, 2.75) is 26.3 Å². The summed E-state index contributed by atoms with van der Waals surface area (Å²) in [6, 6.07) is 6.28. The van der Waals surface area contributed by atoms with Gasteiger partial charge in [-0.1, -0.05) is 25.5 Å². The molecular formula is C13H20N2O. The van der Waals surface area contributed by atoms with Crippen molar-refractivity contribution in [1.29, 1.82) is 0 Å². The summed E-state index contributed by atoms with van der Waals surface area (Å²) in [5.41, 5.74) is 2.38. The van der Waals surface area contributed by atoms with Crippen LogP contribution < -0.4 is 15.4 Å². The van der Waals surface area contributed by atoms with E-state index in [4.69, 9.17) is 4.74 Å². The predicted octanol–water partition coefficient (Wildman–Crippen LogP) is 2.38. The number of rotatable bonds is 5. The lowest BCUT2D eigenvalue weighted by molar-refractivity contribution is 0.319. The second-order valence-corrected chi connectivity index (χ2v) is 4.10. The molecule has 0 saturated heterocycles. The van der Waals surface area contributed by atoms with Gasteiger partial charge in [-0.3, -0.25) is 0 Å². The number of ether oxygens (including phenoxy) is 1. The average molecular weight is 220 g/mol. The molecule has 1 aliphatic rings. The maximum Gasteiger partial charge on any atom is 0.146 e. The minimum absolute atomic E-state index is 0.763. The maximum absolute atomic E-state index is 5.71. The Morgan fingerprint density at radius 1 is 1.44 bits per heavy atom. The second kappa shape index (κ2) is 5.75. The summed E-state index contributed by atoms with van der Waals surface area (Å²) < 4.78 is 5.71. The molecule has 0 unspecified atom stereocenters. The van der Waals surface area contributed by atoms with E-state index >= 15 is 0 Å². The van der Waals surface area contributed by atoms with Crippen molar-refractivity contribution in [3.63, 3.8) is 0 Å². The summed E-state index contributed by atoms with van der Waals surface area (Å²) in [5, 5.41) is 6.80. The molecule has 0 aliphatic carbocycles. The van der Waals surface area contributed by atoms with Crippen LogP contribution >= 0.6 is 0 Å². The van der Waals surface area contributed by atoms with Crippen LogP contribution in [0.15, 0.2) is 18.2 Å². The monoisotopic (exact) mass is 220 g/mol. The number of fused-ring (bicyclic) bond motifs is 1. The van der Waals surface area contributed by atoms with Crippen LogP contribution in [-0.2, 0) is 6.54 Å². The lowest BCUT2D eigenvalue weighted by Crippen LogP contribution is -2.21. The first-order valence-electron chi connectivity index (χ1n) is 6.11. The van der Waals surface area contributed by atoms with Gasteiger partial charge < -0.3 is 15.4 Å². The fourth-order valence-corrected chi connectivity index (χ4v) is 1.90. The molecule has 1 aliphatic heterocycles. The molecule has 2 N–H and O–H groups in total. The number of benzene rings is 1. The maximum atomic E-state index is 5.71. The van der Waals surface area contributed by atoms with E-state index in [1.54, 1.807) is 0 Å². The number of anilines is 1. The van der Waals surface area contributed by atoms with Crippen molar-refractivity contribution < 1.29 is 4.74 Å². The first-order chi connectivity index (χ1) is 7.92. The van der Waals surface area contributed by atoms with Crippen molar-refractivity contribution in [3.8, 4) is 5.75 Å². The molecule has 3 heteroatoms. The molecule has 0 atom stereocenters. The highest BCUT2D eigenvalue weighted by Gasteiger charge is 2.12. The third kappa shape index (κ3) is 2.67. The van der Waals surface area contributed by atoms with Crippen molar-refractivity contribution in [1.82, 2.24) is 5.32 Å². The van der Waals surface area contributed by atoms with Crippen LogP contribution in [0.25, 0.3) is 0 Å². The van der Waals surface area contributed by atoms with Crippen LogP contribution in [0.4, 0.5) is 5.69 Å². The Hall–Kier alpha value is -1.22. The summed E-state index contributed by atoms with van der Waals surface area (Å²) in [6.45, 7) is 5.84. The number of nitrogens with one attached hydrogen (secondary N) is 2. The molecule has 0 fully saturated rings. The molecule has 1 aromatic carbocycles. The van der Waals surface area contributed by atoms with Gasteiger partial charge >= 0.3 is 0 Å². The zero-order valence-electron chi connectivity index (χ0n) is 9.88. The van der Waals surface area contributed by atoms with E-state index in [-0.39, 0.29) is 0 Å². The molecule has 0 radical (unpaired) electrons. The Labute approximate surface area is 97.2 Å². The van der Waals surface area contributed by atoms with Crippen molar-refractivity contribution in [2.75, 3.05) is 25.0 Å². The Balaban J connectivity index is 1.97. The molecule has 0 amide bonds. The normalized spacial score (nSPS) is 13.8. The summed E-state index contributed by atoms with van der Waals surface area (Å²) in [6.07, 6.45) is 2.46. The fraction of sp³-hybridized carbons (Fsp3) is 0.538. The Kier molecular flexibility index (Phi) is 4.05. The summed E-state index contributed by atoms with van der Waals surface area (Å²) in [4.78, 5) is 0. The Bertz CT molecular complexity index is 339. The van der Waals surface area contributed by atoms with E-state index in [2.05, 4.69) is 35.8 Å². The first-order valence-corrected chi connectivity index (χ1v) is 6.11. The summed E-state index contributed by atoms with van der Waals surface area (Å²) in [7, 11) is 0. The van der Waals surface area contributed by atoms with Crippen molar-refractivity contribution in [2.24, 2.45) is 0 Å². The minimum Gasteiger partial charge on any atom is -0.489 e. The Morgan fingerprint density at radius 3 is 3.25 bits per heavy atom. The number of unbranched alkanes of at least 4 members (excludes halogenated alkanes) is 1. The predicted molar refractivity (Wildman–Crippen MR) is 67.0 cm³/mol. The van der Waals surface area contributed by atoms with Gasteiger partial charge in [0.05, 0.1) is 5.69 Å². The van der Waals surface area contributed by atoms with Crippen LogP contribution in [0.3, 0.4) is 0 Å². The smallest absolute Gasteiger partial charge is 0.146 e. The minimum atomic E-state index is 0.763. The largest absolute Gasteiger partial charge is 0.489 e. The topological polar surface area (TPSA) is 33.3 Å². The highest BCUT2D eigenvalue weighted by atomic mass is 16.5. The molecule has 0 bridgehead atoms. The third-order valence-corrected chi connectivity index (χ3v) is 2.78. The van der Waals surface area contributed by atoms with Crippen molar-refractivity contribution >= 4 is 5.69 Å². The molecule has 2 rings (SSSR count). The van der Waals surface area contributed by atoms with E-state index in [1.165, 1.54) is 18.4 Å². The van der Waals surface area contributed by atoms with Gasteiger partial charge in [-0.2, -0.15) is 0 Å². The lowest BCUT2D eigenvalue weighted by Gasteiger charge is -2.21. The number of hydrogen-bond acceptors (Lipinski definition) is 3. The molecular weight excluding hydrogens is 200 g/mol. The number of hydrogen-bond donors (Lipinski definition) is 2. The second-order valence-electron chi connectivity index (χ2n) is 4.10. The average Bonchev–Trinajstić information content (AvgIpc) is 2.35. The van der Waals surface area contributed by atoms with Crippen LogP contribution in [-0.4, -0.2) is 19.7 Å². The van der Waals surface area contributed by atoms with Gasteiger partial charge in [0.25, 0.3) is 0 Å². The molecule has 1 heterocycles. The lowest BCUT2D eigenvalue weighted by atomic mass is 10.1. The van der Waals surface area contributed by atoms with E-state index in [1.807, 2.05) is 0 Å². The SMILES string of the molecule is CCCCNCc1cccc2c1OCCN2. The van der Waals surface area contributed by atoms with Crippen molar-refractivity contribution in [3.05, 3.63) is 23.8 Å². The van der Waals surface area contributed by atoms with Crippen LogP contribution in [0.5, 0.6) is 5.75 Å². The molecule has 88 valence electrons. The first kappa shape index (κ1) is 11.3. The summed E-state index contributed by atoms with van der Waals surface area (Å²) in [5.74, 6) is 1.03. The van der Waals surface area contributed by atoms with E-state index in [0.29, 0.717) is 0 Å². The van der Waals surface area contributed by atoms with Gasteiger partial charge in [-0.15, -0.1) is 0 Å². The summed E-state index contributed by atoms with van der Waals surface area (Å²) >= 11 is 0. The highest BCUT2D eigenvalue weighted by Crippen LogP contribution is 2.30. The fourth-order valence-electron chi connectivity index (χ4n) is 1.90. The van der Waals surface area contributed by atoms with E-state index < -0.39 is 0 Å². The standard InChI is InChI=1S/C13H20N2O/c1-2-3-7-14-10-11-5-4-6-12-13(11)16-9-8-15-12/h4-6,14-15H,2-3,7-10H2,1H3. The Morgan fingerprint density at radius 2 is 2.38 bits per heavy atom. The van der Waals surface area contributed by atoms with Gasteiger partial charge in [0.2, 0.25) is 0 Å². The molecule has 1 aromatic rings. The molecule has 0 spiro atoms. The van der Waals surface area contributed by atoms with Gasteiger partial charge in [-0.25, -0.2) is 0 Å². The zero-order valence-corrected chi connectivity index (χ0v) is 9.88. The molecule has 3 nitrogen and oxygen atoms in total. The zero-order chi connectivity index (χ0) is 11.2. The van der Waals surface area contributed by atoms with E-state index in [9.17, 15) is 0 Å². The number of para-hydroxylation sites is 1. The third-order valence-electron chi connectivity index (χ3n) is 2.78.